The number of benzene rings is 1. The third-order valence-corrected chi connectivity index (χ3v) is 3.63. The number of halogens is 2. The zero-order valence-corrected chi connectivity index (χ0v) is 12.2. The van der Waals surface area contributed by atoms with Gasteiger partial charge in [0.1, 0.15) is 10.8 Å². The summed E-state index contributed by atoms with van der Waals surface area (Å²) in [5.41, 5.74) is 0.800. The molecule has 0 saturated heterocycles. The molecule has 21 heavy (non-hydrogen) atoms. The molecule has 0 unspecified atom stereocenters. The number of rotatable bonds is 5. The number of thiazole rings is 1. The van der Waals surface area contributed by atoms with Crippen molar-refractivity contribution in [3.05, 3.63) is 45.1 Å². The topological polar surface area (TPSA) is 79.3 Å². The van der Waals surface area contributed by atoms with E-state index >= 15 is 0 Å². The van der Waals surface area contributed by atoms with Crippen LogP contribution in [0.2, 0.25) is 5.02 Å². The normalized spacial score (nSPS) is 10.4. The van der Waals surface area contributed by atoms with E-state index < -0.39 is 11.8 Å². The average Bonchev–Trinajstić information content (AvgIpc) is 2.80. The second-order valence-corrected chi connectivity index (χ2v) is 5.51. The van der Waals surface area contributed by atoms with E-state index in [1.165, 1.54) is 23.5 Å². The van der Waals surface area contributed by atoms with E-state index in [4.69, 9.17) is 16.7 Å². The molecule has 1 aromatic carbocycles. The van der Waals surface area contributed by atoms with Gasteiger partial charge in [-0.3, -0.25) is 9.59 Å². The molecular weight excluding hydrogens is 319 g/mol. The number of aliphatic carboxylic acids is 1. The molecule has 8 heteroatoms. The Bertz CT molecular complexity index is 690. The van der Waals surface area contributed by atoms with Gasteiger partial charge < -0.3 is 10.4 Å². The van der Waals surface area contributed by atoms with Crippen molar-refractivity contribution in [1.82, 2.24) is 4.98 Å². The Morgan fingerprint density at radius 3 is 2.81 bits per heavy atom. The molecule has 0 atom stereocenters. The lowest BCUT2D eigenvalue weighted by atomic mass is 10.3. The van der Waals surface area contributed by atoms with Crippen LogP contribution in [0.5, 0.6) is 0 Å². The summed E-state index contributed by atoms with van der Waals surface area (Å²) in [7, 11) is 0. The molecule has 2 N–H and O–H groups in total. The van der Waals surface area contributed by atoms with Gasteiger partial charge in [0.25, 0.3) is 0 Å². The van der Waals surface area contributed by atoms with E-state index in [0.29, 0.717) is 16.4 Å². The van der Waals surface area contributed by atoms with E-state index in [2.05, 4.69) is 10.3 Å². The highest BCUT2D eigenvalue weighted by atomic mass is 35.5. The van der Waals surface area contributed by atoms with Crippen LogP contribution < -0.4 is 5.32 Å². The molecule has 0 aliphatic carbocycles. The van der Waals surface area contributed by atoms with Crippen molar-refractivity contribution in [1.29, 1.82) is 0 Å². The van der Waals surface area contributed by atoms with Crippen molar-refractivity contribution < 1.29 is 19.1 Å². The SMILES string of the molecule is O=C(O)Cc1csc(CC(=O)Nc2ccc(F)c(Cl)c2)n1. The number of hydrogen-bond acceptors (Lipinski definition) is 4. The molecule has 1 amide bonds. The Hall–Kier alpha value is -1.99. The molecule has 0 spiro atoms. The molecule has 5 nitrogen and oxygen atoms in total. The van der Waals surface area contributed by atoms with Crippen LogP contribution >= 0.6 is 22.9 Å². The standard InChI is InChI=1S/C13H10ClFN2O3S/c14-9-3-7(1-2-10(9)15)16-11(18)5-12-17-8(6-21-12)4-13(19)20/h1-3,6H,4-5H2,(H,16,18)(H,19,20). The minimum atomic E-state index is -0.975. The van der Waals surface area contributed by atoms with Crippen LogP contribution in [0.25, 0.3) is 0 Å². The number of aromatic nitrogens is 1. The van der Waals surface area contributed by atoms with Gasteiger partial charge in [-0.2, -0.15) is 0 Å². The lowest BCUT2D eigenvalue weighted by Crippen LogP contribution is -2.14. The molecule has 0 bridgehead atoms. The maximum Gasteiger partial charge on any atom is 0.309 e. The average molecular weight is 329 g/mol. The van der Waals surface area contributed by atoms with Gasteiger partial charge in [0.15, 0.2) is 0 Å². The van der Waals surface area contributed by atoms with E-state index in [0.717, 1.165) is 6.07 Å². The first-order valence-corrected chi connectivity index (χ1v) is 7.10. The van der Waals surface area contributed by atoms with Crippen LogP contribution in [0.4, 0.5) is 10.1 Å². The highest BCUT2D eigenvalue weighted by Crippen LogP contribution is 2.19. The summed E-state index contributed by atoms with van der Waals surface area (Å²) in [5.74, 6) is -1.88. The van der Waals surface area contributed by atoms with Gasteiger partial charge >= 0.3 is 5.97 Å². The largest absolute Gasteiger partial charge is 0.481 e. The van der Waals surface area contributed by atoms with Gasteiger partial charge in [0.05, 0.1) is 23.6 Å². The van der Waals surface area contributed by atoms with Crippen LogP contribution in [-0.4, -0.2) is 22.0 Å². The van der Waals surface area contributed by atoms with Crippen molar-refractivity contribution in [3.8, 4) is 0 Å². The highest BCUT2D eigenvalue weighted by molar-refractivity contribution is 7.09. The molecule has 2 aromatic rings. The third kappa shape index (κ3) is 4.51. The fourth-order valence-electron chi connectivity index (χ4n) is 1.58. The molecule has 110 valence electrons. The summed E-state index contributed by atoms with van der Waals surface area (Å²) >= 11 is 6.83. The Morgan fingerprint density at radius 2 is 2.14 bits per heavy atom. The monoisotopic (exact) mass is 328 g/mol. The number of nitrogens with one attached hydrogen (secondary N) is 1. The minimum Gasteiger partial charge on any atom is -0.481 e. The maximum absolute atomic E-state index is 13.0. The van der Waals surface area contributed by atoms with E-state index in [1.807, 2.05) is 0 Å². The number of anilines is 1. The van der Waals surface area contributed by atoms with Crippen LogP contribution in [0, 0.1) is 5.82 Å². The molecule has 1 heterocycles. The second-order valence-electron chi connectivity index (χ2n) is 4.16. The lowest BCUT2D eigenvalue weighted by Gasteiger charge is -2.04. The van der Waals surface area contributed by atoms with E-state index in [1.54, 1.807) is 5.38 Å². The van der Waals surface area contributed by atoms with Gasteiger partial charge in [-0.1, -0.05) is 11.6 Å². The number of carboxylic acid groups (broad SMARTS) is 1. The van der Waals surface area contributed by atoms with Crippen LogP contribution in [0.1, 0.15) is 10.7 Å². The fourth-order valence-corrected chi connectivity index (χ4v) is 2.56. The Kier molecular flexibility index (Phi) is 4.87. The first kappa shape index (κ1) is 15.4. The number of carboxylic acids is 1. The predicted molar refractivity (Wildman–Crippen MR) is 77.2 cm³/mol. The molecule has 1 aromatic heterocycles. The Balaban J connectivity index is 1.96. The number of carbonyl (C=O) groups is 2. The Labute approximate surface area is 128 Å². The van der Waals surface area contributed by atoms with Crippen LogP contribution in [0.15, 0.2) is 23.6 Å². The summed E-state index contributed by atoms with van der Waals surface area (Å²) in [5, 5.41) is 13.2. The molecular formula is C13H10ClFN2O3S. The summed E-state index contributed by atoms with van der Waals surface area (Å²) < 4.78 is 13.0. The van der Waals surface area contributed by atoms with Gasteiger partial charge in [0, 0.05) is 11.1 Å². The van der Waals surface area contributed by atoms with E-state index in [9.17, 15) is 14.0 Å². The van der Waals surface area contributed by atoms with Gasteiger partial charge in [-0.25, -0.2) is 9.37 Å². The predicted octanol–water partition coefficient (Wildman–Crippen LogP) is 2.74. The highest BCUT2D eigenvalue weighted by Gasteiger charge is 2.11. The quantitative estimate of drug-likeness (QED) is 0.884. The molecule has 0 aliphatic heterocycles. The van der Waals surface area contributed by atoms with E-state index in [-0.39, 0.29) is 23.8 Å². The van der Waals surface area contributed by atoms with Crippen molar-refractivity contribution in [2.24, 2.45) is 0 Å². The Morgan fingerprint density at radius 1 is 1.38 bits per heavy atom. The fraction of sp³-hybridized carbons (Fsp3) is 0.154. The minimum absolute atomic E-state index is 0.0132. The molecule has 0 fully saturated rings. The van der Waals surface area contributed by atoms with Crippen molar-refractivity contribution >= 4 is 40.5 Å². The molecule has 2 rings (SSSR count). The summed E-state index contributed by atoms with van der Waals surface area (Å²) in [6, 6.07) is 3.87. The molecule has 0 radical (unpaired) electrons. The smallest absolute Gasteiger partial charge is 0.309 e. The third-order valence-electron chi connectivity index (χ3n) is 2.45. The second kappa shape index (κ2) is 6.64. The van der Waals surface area contributed by atoms with Crippen molar-refractivity contribution in [3.63, 3.8) is 0 Å². The number of carbonyl (C=O) groups excluding carboxylic acids is 1. The van der Waals surface area contributed by atoms with Crippen LogP contribution in [-0.2, 0) is 22.4 Å². The number of nitrogens with zero attached hydrogens (tertiary/aromatic N) is 1. The molecule has 0 saturated carbocycles. The lowest BCUT2D eigenvalue weighted by molar-refractivity contribution is -0.136. The zero-order valence-electron chi connectivity index (χ0n) is 10.6. The first-order chi connectivity index (χ1) is 9.94. The number of hydrogen-bond donors (Lipinski definition) is 2. The van der Waals surface area contributed by atoms with Gasteiger partial charge in [0.2, 0.25) is 5.91 Å². The van der Waals surface area contributed by atoms with Gasteiger partial charge in [-0.05, 0) is 18.2 Å². The van der Waals surface area contributed by atoms with Crippen LogP contribution in [0.3, 0.4) is 0 Å². The molecule has 0 aliphatic rings. The zero-order chi connectivity index (χ0) is 15.4. The van der Waals surface area contributed by atoms with Crippen molar-refractivity contribution in [2.45, 2.75) is 12.8 Å². The summed E-state index contributed by atoms with van der Waals surface area (Å²) in [6.45, 7) is 0. The maximum atomic E-state index is 13.0. The number of amides is 1. The summed E-state index contributed by atoms with van der Waals surface area (Å²) in [6.07, 6.45) is -0.162. The first-order valence-electron chi connectivity index (χ1n) is 5.84. The summed E-state index contributed by atoms with van der Waals surface area (Å²) in [4.78, 5) is 26.4. The van der Waals surface area contributed by atoms with Crippen molar-refractivity contribution in [2.75, 3.05) is 5.32 Å². The van der Waals surface area contributed by atoms with Gasteiger partial charge in [-0.15, -0.1) is 11.3 Å².